The molecule has 0 fully saturated rings. The first-order valence-electron chi connectivity index (χ1n) is 4.40. The van der Waals surface area contributed by atoms with Gasteiger partial charge in [0.1, 0.15) is 6.04 Å². The van der Waals surface area contributed by atoms with Crippen LogP contribution >= 0.6 is 0 Å². The first-order chi connectivity index (χ1) is 6.88. The Balaban J connectivity index is 4.10. The van der Waals surface area contributed by atoms with Gasteiger partial charge in [-0.15, -0.1) is 0 Å². The number of aliphatic carboxylic acids is 1. The predicted octanol–water partition coefficient (Wildman–Crippen LogP) is -1.11. The molecule has 0 aliphatic carbocycles. The Morgan fingerprint density at radius 3 is 2.07 bits per heavy atom. The molecule has 0 aromatic rings. The van der Waals surface area contributed by atoms with Crippen LogP contribution in [0, 0.1) is 0 Å². The van der Waals surface area contributed by atoms with Crippen LogP contribution in [-0.2, 0) is 9.59 Å². The lowest BCUT2D eigenvalue weighted by Crippen LogP contribution is -2.51. The van der Waals surface area contributed by atoms with Gasteiger partial charge in [-0.05, 0) is 13.8 Å². The summed E-state index contributed by atoms with van der Waals surface area (Å²) in [6.07, 6.45) is 0. The molecule has 2 unspecified atom stereocenters. The summed E-state index contributed by atoms with van der Waals surface area (Å²) in [6, 6.07) is -2.24. The summed E-state index contributed by atoms with van der Waals surface area (Å²) < 4.78 is 0. The number of carboxylic acids is 1. The van der Waals surface area contributed by atoms with Crippen molar-refractivity contribution in [1.82, 2.24) is 16.0 Å². The van der Waals surface area contributed by atoms with Crippen LogP contribution < -0.4 is 16.0 Å². The zero-order valence-electron chi connectivity index (χ0n) is 8.83. The van der Waals surface area contributed by atoms with Crippen LogP contribution in [-0.4, -0.2) is 42.1 Å². The lowest BCUT2D eigenvalue weighted by atomic mass is 10.2. The maximum absolute atomic E-state index is 11.2. The molecule has 0 radical (unpaired) electrons. The van der Waals surface area contributed by atoms with Crippen molar-refractivity contribution in [2.45, 2.75) is 25.9 Å². The SMILES string of the molecule is CNC(=O)NC(=O)C(C)NC(C)C(=O)O. The summed E-state index contributed by atoms with van der Waals surface area (Å²) in [6.45, 7) is 2.88. The number of carbonyl (C=O) groups excluding carboxylic acids is 2. The van der Waals surface area contributed by atoms with E-state index in [0.29, 0.717) is 0 Å². The van der Waals surface area contributed by atoms with Crippen LogP contribution in [0.1, 0.15) is 13.8 Å². The van der Waals surface area contributed by atoms with E-state index in [1.165, 1.54) is 20.9 Å². The highest BCUT2D eigenvalue weighted by atomic mass is 16.4. The second kappa shape index (κ2) is 5.97. The summed E-state index contributed by atoms with van der Waals surface area (Å²) in [4.78, 5) is 32.5. The molecular formula is C8H15N3O4. The van der Waals surface area contributed by atoms with E-state index in [4.69, 9.17) is 5.11 Å². The Labute approximate surface area is 87.2 Å². The summed E-state index contributed by atoms with van der Waals surface area (Å²) in [5.74, 6) is -1.64. The number of carboxylic acid groups (broad SMARTS) is 1. The summed E-state index contributed by atoms with van der Waals surface area (Å²) in [7, 11) is 1.38. The molecule has 0 saturated heterocycles. The molecule has 3 amide bonds. The normalized spacial score (nSPS) is 13.8. The van der Waals surface area contributed by atoms with E-state index in [0.717, 1.165) is 0 Å². The van der Waals surface area contributed by atoms with Gasteiger partial charge in [0.15, 0.2) is 0 Å². The molecule has 0 heterocycles. The zero-order chi connectivity index (χ0) is 12.0. The minimum atomic E-state index is -1.06. The van der Waals surface area contributed by atoms with Crippen LogP contribution in [0.4, 0.5) is 4.79 Å². The molecule has 0 bridgehead atoms. The van der Waals surface area contributed by atoms with Crippen molar-refractivity contribution in [3.8, 4) is 0 Å². The molecule has 0 rings (SSSR count). The Morgan fingerprint density at radius 1 is 1.13 bits per heavy atom. The Kier molecular flexibility index (Phi) is 5.32. The van der Waals surface area contributed by atoms with E-state index in [1.54, 1.807) is 0 Å². The topological polar surface area (TPSA) is 108 Å². The van der Waals surface area contributed by atoms with Gasteiger partial charge in [-0.1, -0.05) is 0 Å². The molecule has 7 nitrogen and oxygen atoms in total. The van der Waals surface area contributed by atoms with Crippen molar-refractivity contribution in [1.29, 1.82) is 0 Å². The molecule has 0 aliphatic heterocycles. The number of imide groups is 1. The van der Waals surface area contributed by atoms with Crippen LogP contribution in [0.2, 0.25) is 0 Å². The molecule has 0 saturated carbocycles. The fourth-order valence-electron chi connectivity index (χ4n) is 0.805. The maximum Gasteiger partial charge on any atom is 0.321 e. The Morgan fingerprint density at radius 2 is 1.67 bits per heavy atom. The van der Waals surface area contributed by atoms with E-state index >= 15 is 0 Å². The highest BCUT2D eigenvalue weighted by Crippen LogP contribution is 1.88. The smallest absolute Gasteiger partial charge is 0.321 e. The average molecular weight is 217 g/mol. The van der Waals surface area contributed by atoms with Gasteiger partial charge in [0.2, 0.25) is 5.91 Å². The largest absolute Gasteiger partial charge is 0.480 e. The molecule has 0 spiro atoms. The van der Waals surface area contributed by atoms with Crippen LogP contribution in [0.3, 0.4) is 0 Å². The van der Waals surface area contributed by atoms with Crippen LogP contribution in [0.25, 0.3) is 0 Å². The molecule has 0 aromatic carbocycles. The molecule has 15 heavy (non-hydrogen) atoms. The number of nitrogens with one attached hydrogen (secondary N) is 3. The third-order valence-electron chi connectivity index (χ3n) is 1.73. The van der Waals surface area contributed by atoms with Crippen molar-refractivity contribution < 1.29 is 19.5 Å². The first kappa shape index (κ1) is 13.4. The molecule has 86 valence electrons. The molecule has 7 heteroatoms. The average Bonchev–Trinajstić information content (AvgIpc) is 2.16. The maximum atomic E-state index is 11.2. The summed E-state index contributed by atoms with van der Waals surface area (Å²) >= 11 is 0. The van der Waals surface area contributed by atoms with Crippen molar-refractivity contribution in [2.75, 3.05) is 7.05 Å². The fraction of sp³-hybridized carbons (Fsp3) is 0.625. The minimum absolute atomic E-state index is 0.581. The van der Waals surface area contributed by atoms with Gasteiger partial charge in [-0.3, -0.25) is 20.2 Å². The minimum Gasteiger partial charge on any atom is -0.480 e. The van der Waals surface area contributed by atoms with E-state index in [-0.39, 0.29) is 0 Å². The number of hydrogen-bond donors (Lipinski definition) is 4. The van der Waals surface area contributed by atoms with Gasteiger partial charge in [0.25, 0.3) is 0 Å². The fourth-order valence-corrected chi connectivity index (χ4v) is 0.805. The zero-order valence-corrected chi connectivity index (χ0v) is 8.83. The highest BCUT2D eigenvalue weighted by Gasteiger charge is 2.20. The molecule has 0 aliphatic rings. The van der Waals surface area contributed by atoms with Crippen molar-refractivity contribution >= 4 is 17.9 Å². The second-order valence-electron chi connectivity index (χ2n) is 3.02. The highest BCUT2D eigenvalue weighted by molar-refractivity contribution is 5.96. The van der Waals surface area contributed by atoms with Crippen LogP contribution in [0.15, 0.2) is 0 Å². The second-order valence-corrected chi connectivity index (χ2v) is 3.02. The van der Waals surface area contributed by atoms with Crippen molar-refractivity contribution in [3.05, 3.63) is 0 Å². The van der Waals surface area contributed by atoms with Crippen molar-refractivity contribution in [3.63, 3.8) is 0 Å². The monoisotopic (exact) mass is 217 g/mol. The molecule has 2 atom stereocenters. The lowest BCUT2D eigenvalue weighted by molar-refractivity contribution is -0.139. The first-order valence-corrected chi connectivity index (χ1v) is 4.40. The van der Waals surface area contributed by atoms with Gasteiger partial charge < -0.3 is 10.4 Å². The van der Waals surface area contributed by atoms with Gasteiger partial charge in [0, 0.05) is 7.05 Å². The van der Waals surface area contributed by atoms with E-state index in [9.17, 15) is 14.4 Å². The Hall–Kier alpha value is -1.63. The van der Waals surface area contributed by atoms with E-state index in [1.807, 2.05) is 5.32 Å². The van der Waals surface area contributed by atoms with Gasteiger partial charge in [0.05, 0.1) is 6.04 Å². The molecular weight excluding hydrogens is 202 g/mol. The van der Waals surface area contributed by atoms with Crippen molar-refractivity contribution in [2.24, 2.45) is 0 Å². The van der Waals surface area contributed by atoms with Crippen LogP contribution in [0.5, 0.6) is 0 Å². The number of urea groups is 1. The number of rotatable bonds is 4. The molecule has 4 N–H and O–H groups in total. The number of hydrogen-bond acceptors (Lipinski definition) is 4. The Bertz CT molecular complexity index is 267. The number of amides is 3. The van der Waals surface area contributed by atoms with Gasteiger partial charge in [-0.2, -0.15) is 0 Å². The summed E-state index contributed by atoms with van der Waals surface area (Å²) in [5, 5.41) is 15.3. The van der Waals surface area contributed by atoms with E-state index < -0.39 is 30.0 Å². The quantitative estimate of drug-likeness (QED) is 0.478. The molecule has 0 aromatic heterocycles. The third-order valence-corrected chi connectivity index (χ3v) is 1.73. The predicted molar refractivity (Wildman–Crippen MR) is 52.3 cm³/mol. The summed E-state index contributed by atoms with van der Waals surface area (Å²) in [5.41, 5.74) is 0. The lowest BCUT2D eigenvalue weighted by Gasteiger charge is -2.15. The van der Waals surface area contributed by atoms with E-state index in [2.05, 4.69) is 10.6 Å². The van der Waals surface area contributed by atoms with Gasteiger partial charge in [-0.25, -0.2) is 4.79 Å². The van der Waals surface area contributed by atoms with Gasteiger partial charge >= 0.3 is 12.0 Å². The number of carbonyl (C=O) groups is 3. The third kappa shape index (κ3) is 4.96. The standard InChI is InChI=1S/C8H15N3O4/c1-4(10-5(2)7(13)14)6(12)11-8(15)9-3/h4-5,10H,1-3H3,(H,13,14)(H2,9,11,12,15).